The van der Waals surface area contributed by atoms with Gasteiger partial charge in [0.05, 0.1) is 17.7 Å². The van der Waals surface area contributed by atoms with Gasteiger partial charge in [-0.25, -0.2) is 0 Å². The van der Waals surface area contributed by atoms with Crippen LogP contribution in [0.25, 0.3) is 0 Å². The van der Waals surface area contributed by atoms with Gasteiger partial charge < -0.3 is 0 Å². The first-order chi connectivity index (χ1) is 6.99. The summed E-state index contributed by atoms with van der Waals surface area (Å²) >= 11 is 2.89. The van der Waals surface area contributed by atoms with Gasteiger partial charge in [-0.1, -0.05) is 12.4 Å². The van der Waals surface area contributed by atoms with E-state index in [0.717, 1.165) is 0 Å². The molecule has 0 unspecified atom stereocenters. The minimum absolute atomic E-state index is 0.0661. The van der Waals surface area contributed by atoms with Crippen molar-refractivity contribution in [2.75, 3.05) is 0 Å². The Bertz CT molecular complexity index is 437. The van der Waals surface area contributed by atoms with Crippen molar-refractivity contribution >= 4 is 35.2 Å². The Kier molecular flexibility index (Phi) is 3.41. The van der Waals surface area contributed by atoms with E-state index >= 15 is 0 Å². The maximum Gasteiger partial charge on any atom is 0.360 e. The van der Waals surface area contributed by atoms with Crippen molar-refractivity contribution in [2.24, 2.45) is 0 Å². The highest BCUT2D eigenvalue weighted by molar-refractivity contribution is 9.10. The number of nitrogens with zero attached hydrogens (tertiary/aromatic N) is 2. The number of nitro groups is 2. The molecular weight excluding hydrogens is 267 g/mol. The van der Waals surface area contributed by atoms with Gasteiger partial charge in [0.25, 0.3) is 0 Å². The quantitative estimate of drug-likeness (QED) is 0.477. The van der Waals surface area contributed by atoms with Crippen LogP contribution in [0.1, 0.15) is 5.56 Å². The van der Waals surface area contributed by atoms with Gasteiger partial charge in [0, 0.05) is 5.56 Å². The maximum absolute atomic E-state index is 10.7. The highest BCUT2D eigenvalue weighted by atomic mass is 79.9. The Morgan fingerprint density at radius 3 is 2.13 bits per heavy atom. The fourth-order valence-corrected chi connectivity index (χ4v) is 1.60. The summed E-state index contributed by atoms with van der Waals surface area (Å²) < 4.78 is 0.0661. The van der Waals surface area contributed by atoms with Gasteiger partial charge >= 0.3 is 11.4 Å². The van der Waals surface area contributed by atoms with Crippen LogP contribution >= 0.6 is 15.9 Å². The lowest BCUT2D eigenvalue weighted by Gasteiger charge is -2.01. The van der Waals surface area contributed by atoms with E-state index in [1.165, 1.54) is 12.1 Å². The van der Waals surface area contributed by atoms with Crippen molar-refractivity contribution < 1.29 is 9.85 Å². The second-order valence-corrected chi connectivity index (χ2v) is 3.48. The van der Waals surface area contributed by atoms with E-state index in [1.807, 2.05) is 0 Å². The molecule has 0 saturated heterocycles. The third-order valence-corrected chi connectivity index (χ3v) is 2.41. The third kappa shape index (κ3) is 2.15. The van der Waals surface area contributed by atoms with Crippen molar-refractivity contribution in [1.82, 2.24) is 0 Å². The first kappa shape index (κ1) is 11.6. The van der Waals surface area contributed by atoms with Gasteiger partial charge in [-0.15, -0.1) is 0 Å². The van der Waals surface area contributed by atoms with E-state index in [1.54, 1.807) is 0 Å². The summed E-state index contributed by atoms with van der Waals surface area (Å²) in [5.74, 6) is 0. The molecule has 0 heterocycles. The fraction of sp³-hybridized carbons (Fsp3) is 0.143. The average Bonchev–Trinajstić information content (AvgIpc) is 2.16. The molecule has 0 aliphatic rings. The molecule has 1 aromatic carbocycles. The minimum Gasteiger partial charge on any atom is -0.258 e. The lowest BCUT2D eigenvalue weighted by molar-refractivity contribution is -0.423. The largest absolute Gasteiger partial charge is 0.360 e. The Labute approximate surface area is 94.1 Å². The van der Waals surface area contributed by atoms with Gasteiger partial charge in [-0.2, -0.15) is 0 Å². The van der Waals surface area contributed by atoms with Gasteiger partial charge in [0.2, 0.25) is 0 Å². The van der Waals surface area contributed by atoms with Crippen LogP contribution in [-0.2, 0) is 6.32 Å². The van der Waals surface area contributed by atoms with Crippen LogP contribution in [0.2, 0.25) is 0 Å². The second-order valence-electron chi connectivity index (χ2n) is 2.62. The number of hydrogen-bond acceptors (Lipinski definition) is 4. The topological polar surface area (TPSA) is 86.3 Å². The van der Waals surface area contributed by atoms with Crippen LogP contribution in [0.15, 0.2) is 16.6 Å². The molecule has 0 spiro atoms. The normalized spacial score (nSPS) is 9.93. The zero-order chi connectivity index (χ0) is 11.6. The number of benzene rings is 1. The Balaban J connectivity index is 3.58. The molecule has 0 aromatic heterocycles. The molecule has 0 amide bonds. The first-order valence-corrected chi connectivity index (χ1v) is 4.58. The second kappa shape index (κ2) is 4.39. The summed E-state index contributed by atoms with van der Waals surface area (Å²) in [6, 6.07) is 2.75. The van der Waals surface area contributed by atoms with Crippen LogP contribution in [0.3, 0.4) is 0 Å². The maximum atomic E-state index is 10.7. The van der Waals surface area contributed by atoms with E-state index in [4.69, 9.17) is 7.85 Å². The van der Waals surface area contributed by atoms with Crippen LogP contribution in [0.5, 0.6) is 0 Å². The van der Waals surface area contributed by atoms with Crippen LogP contribution < -0.4 is 0 Å². The van der Waals surface area contributed by atoms with E-state index < -0.39 is 21.2 Å². The van der Waals surface area contributed by atoms with Crippen molar-refractivity contribution in [1.29, 1.82) is 0 Å². The summed E-state index contributed by atoms with van der Waals surface area (Å²) in [5.41, 5.74) is -0.991. The van der Waals surface area contributed by atoms with Gasteiger partial charge in [0.1, 0.15) is 4.47 Å². The molecule has 0 N–H and O–H groups in total. The van der Waals surface area contributed by atoms with Crippen molar-refractivity contribution in [3.63, 3.8) is 0 Å². The Morgan fingerprint density at radius 1 is 1.20 bits per heavy atom. The summed E-state index contributed by atoms with van der Waals surface area (Å²) in [7, 11) is 5.27. The lowest BCUT2D eigenvalue weighted by atomic mass is 9.95. The van der Waals surface area contributed by atoms with Gasteiger partial charge in [-0.3, -0.25) is 20.2 Å². The van der Waals surface area contributed by atoms with Crippen molar-refractivity contribution in [3.05, 3.63) is 42.4 Å². The lowest BCUT2D eigenvalue weighted by Crippen LogP contribution is -2.02. The summed E-state index contributed by atoms with van der Waals surface area (Å²) in [5, 5.41) is 21.3. The Morgan fingerprint density at radius 2 is 1.73 bits per heavy atom. The number of hydrogen-bond donors (Lipinski definition) is 0. The predicted octanol–water partition coefficient (Wildman–Crippen LogP) is 1.93. The smallest absolute Gasteiger partial charge is 0.258 e. The van der Waals surface area contributed by atoms with E-state index in [9.17, 15) is 20.2 Å². The summed E-state index contributed by atoms with van der Waals surface area (Å²) in [6.07, 6.45) is -0.121. The summed E-state index contributed by atoms with van der Waals surface area (Å²) in [6.45, 7) is 0. The molecule has 0 fully saturated rings. The molecule has 15 heavy (non-hydrogen) atoms. The number of nitro benzene ring substituents is 2. The highest BCUT2D eigenvalue weighted by Crippen LogP contribution is 2.37. The van der Waals surface area contributed by atoms with E-state index in [0.29, 0.717) is 0 Å². The molecule has 0 saturated carbocycles. The SMILES string of the molecule is [B]Cc1ccc(Br)c([N+](=O)[O-])c1[N+](=O)[O-]. The number of rotatable bonds is 3. The Hall–Kier alpha value is -1.44. The zero-order valence-electron chi connectivity index (χ0n) is 7.34. The van der Waals surface area contributed by atoms with Crippen molar-refractivity contribution in [2.45, 2.75) is 6.32 Å². The molecule has 2 radical (unpaired) electrons. The molecule has 0 bridgehead atoms. The van der Waals surface area contributed by atoms with E-state index in [-0.39, 0.29) is 16.4 Å². The minimum atomic E-state index is -0.804. The molecule has 1 aromatic rings. The van der Waals surface area contributed by atoms with Gasteiger partial charge in [-0.05, 0) is 22.0 Å². The molecular formula is C7H4BBrN2O4. The molecule has 76 valence electrons. The molecule has 0 atom stereocenters. The van der Waals surface area contributed by atoms with E-state index in [2.05, 4.69) is 15.9 Å². The average molecular weight is 271 g/mol. The fourth-order valence-electron chi connectivity index (χ4n) is 1.14. The molecule has 1 rings (SSSR count). The summed E-state index contributed by atoms with van der Waals surface area (Å²) in [4.78, 5) is 19.7. The third-order valence-electron chi connectivity index (χ3n) is 1.77. The highest BCUT2D eigenvalue weighted by Gasteiger charge is 2.30. The predicted molar refractivity (Wildman–Crippen MR) is 56.9 cm³/mol. The van der Waals surface area contributed by atoms with Crippen molar-refractivity contribution in [3.8, 4) is 0 Å². The first-order valence-electron chi connectivity index (χ1n) is 3.79. The zero-order valence-corrected chi connectivity index (χ0v) is 8.93. The molecule has 6 nitrogen and oxygen atoms in total. The monoisotopic (exact) mass is 270 g/mol. The van der Waals surface area contributed by atoms with Gasteiger partial charge in [0.15, 0.2) is 0 Å². The molecule has 8 heteroatoms. The molecule has 0 aliphatic heterocycles. The van der Waals surface area contributed by atoms with Crippen LogP contribution in [0, 0.1) is 20.2 Å². The standard InChI is InChI=1S/C7H4BBrN2O4/c8-3-4-1-2-5(9)7(11(14)15)6(4)10(12)13/h1-2H,3H2. The number of halogens is 1. The van der Waals surface area contributed by atoms with Crippen LogP contribution in [-0.4, -0.2) is 17.7 Å². The molecule has 0 aliphatic carbocycles. The van der Waals surface area contributed by atoms with Crippen LogP contribution in [0.4, 0.5) is 11.4 Å².